The van der Waals surface area contributed by atoms with Crippen molar-refractivity contribution in [3.05, 3.63) is 35.4 Å². The van der Waals surface area contributed by atoms with Crippen molar-refractivity contribution in [3.63, 3.8) is 0 Å². The van der Waals surface area contributed by atoms with Gasteiger partial charge in [0.25, 0.3) is 0 Å². The van der Waals surface area contributed by atoms with Crippen molar-refractivity contribution in [1.29, 1.82) is 0 Å². The summed E-state index contributed by atoms with van der Waals surface area (Å²) in [5, 5.41) is 14.0. The minimum absolute atomic E-state index is 0.603. The van der Waals surface area contributed by atoms with Crippen molar-refractivity contribution in [2.24, 2.45) is 0 Å². The first-order valence-corrected chi connectivity index (χ1v) is 6.61. The van der Waals surface area contributed by atoms with Crippen LogP contribution in [-0.4, -0.2) is 17.7 Å². The van der Waals surface area contributed by atoms with Gasteiger partial charge in [-0.15, -0.1) is 0 Å². The topological polar surface area (TPSA) is 32.3 Å². The van der Waals surface area contributed by atoms with Gasteiger partial charge in [0.1, 0.15) is 0 Å². The summed E-state index contributed by atoms with van der Waals surface area (Å²) >= 11 is 0. The van der Waals surface area contributed by atoms with E-state index in [1.54, 1.807) is 0 Å². The lowest BCUT2D eigenvalue weighted by Crippen LogP contribution is -2.39. The third kappa shape index (κ3) is 3.30. The Kier molecular flexibility index (Phi) is 3.85. The van der Waals surface area contributed by atoms with Gasteiger partial charge in [-0.2, -0.15) is 0 Å². The molecule has 1 aliphatic rings. The zero-order valence-corrected chi connectivity index (χ0v) is 10.9. The first kappa shape index (κ1) is 12.6. The number of hydrogen-bond donors (Lipinski definition) is 2. The fraction of sp³-hybridized carbons (Fsp3) is 0.600. The molecule has 17 heavy (non-hydrogen) atoms. The highest BCUT2D eigenvalue weighted by molar-refractivity contribution is 5.27. The minimum atomic E-state index is -0.769. The summed E-state index contributed by atoms with van der Waals surface area (Å²) in [5.41, 5.74) is 1.43. The maximum Gasteiger partial charge on any atom is 0.0992 e. The summed E-state index contributed by atoms with van der Waals surface area (Å²) in [4.78, 5) is 0. The van der Waals surface area contributed by atoms with Gasteiger partial charge in [-0.3, -0.25) is 0 Å². The van der Waals surface area contributed by atoms with Crippen LogP contribution in [0.3, 0.4) is 0 Å². The Morgan fingerprint density at radius 3 is 2.71 bits per heavy atom. The molecule has 2 nitrogen and oxygen atoms in total. The molecule has 94 valence electrons. The van der Waals surface area contributed by atoms with Gasteiger partial charge in [0.15, 0.2) is 0 Å². The van der Waals surface area contributed by atoms with Gasteiger partial charge in [0.05, 0.1) is 5.60 Å². The Labute approximate surface area is 104 Å². The van der Waals surface area contributed by atoms with Crippen molar-refractivity contribution in [1.82, 2.24) is 5.32 Å². The number of rotatable bonds is 4. The van der Waals surface area contributed by atoms with Crippen molar-refractivity contribution in [2.75, 3.05) is 6.54 Å². The monoisotopic (exact) mass is 233 g/mol. The molecular formula is C15H23NO. The van der Waals surface area contributed by atoms with Crippen molar-refractivity contribution in [3.8, 4) is 0 Å². The summed E-state index contributed by atoms with van der Waals surface area (Å²) in [6.45, 7) is 4.59. The number of aliphatic hydroxyl groups is 1. The van der Waals surface area contributed by atoms with Crippen LogP contribution in [0.25, 0.3) is 0 Å². The van der Waals surface area contributed by atoms with Crippen LogP contribution >= 0.6 is 0 Å². The molecule has 1 aromatic rings. The van der Waals surface area contributed by atoms with E-state index in [2.05, 4.69) is 24.4 Å². The maximum atomic E-state index is 10.5. The van der Waals surface area contributed by atoms with E-state index in [9.17, 15) is 5.11 Å². The average molecular weight is 233 g/mol. The highest BCUT2D eigenvalue weighted by Gasteiger charge is 2.25. The third-order valence-corrected chi connectivity index (χ3v) is 3.73. The number of benzene rings is 1. The summed E-state index contributed by atoms with van der Waals surface area (Å²) in [6.07, 6.45) is 5.16. The van der Waals surface area contributed by atoms with Gasteiger partial charge < -0.3 is 10.4 Å². The van der Waals surface area contributed by atoms with Crippen LogP contribution in [0, 0.1) is 6.92 Å². The summed E-state index contributed by atoms with van der Waals surface area (Å²) in [5.74, 6) is 0. The molecule has 0 bridgehead atoms. The molecule has 1 aromatic carbocycles. The molecule has 2 rings (SSSR count). The molecule has 0 heterocycles. The van der Waals surface area contributed by atoms with E-state index in [1.165, 1.54) is 31.2 Å². The van der Waals surface area contributed by atoms with Crippen molar-refractivity contribution in [2.45, 2.75) is 51.2 Å². The molecule has 1 unspecified atom stereocenters. The second kappa shape index (κ2) is 5.19. The molecule has 0 aliphatic heterocycles. The van der Waals surface area contributed by atoms with Gasteiger partial charge in [-0.05, 0) is 32.3 Å². The van der Waals surface area contributed by atoms with E-state index in [0.717, 1.165) is 5.56 Å². The van der Waals surface area contributed by atoms with E-state index in [0.29, 0.717) is 12.6 Å². The number of nitrogens with one attached hydrogen (secondary N) is 1. The van der Waals surface area contributed by atoms with Gasteiger partial charge in [0, 0.05) is 12.6 Å². The summed E-state index contributed by atoms with van der Waals surface area (Å²) < 4.78 is 0. The van der Waals surface area contributed by atoms with Crippen LogP contribution in [0.4, 0.5) is 0 Å². The number of aryl methyl sites for hydroxylation is 1. The molecule has 1 saturated carbocycles. The Morgan fingerprint density at radius 1 is 1.35 bits per heavy atom. The summed E-state index contributed by atoms with van der Waals surface area (Å²) in [7, 11) is 0. The molecular weight excluding hydrogens is 210 g/mol. The van der Waals surface area contributed by atoms with Crippen LogP contribution in [0.5, 0.6) is 0 Å². The number of hydrogen-bond acceptors (Lipinski definition) is 2. The van der Waals surface area contributed by atoms with Crippen molar-refractivity contribution < 1.29 is 5.11 Å². The van der Waals surface area contributed by atoms with Gasteiger partial charge in [-0.25, -0.2) is 0 Å². The Balaban J connectivity index is 1.97. The molecule has 0 radical (unpaired) electrons. The standard InChI is InChI=1S/C15H23NO/c1-12-6-5-7-13(10-12)15(2,17)11-16-14-8-3-4-9-14/h5-7,10,14,16-17H,3-4,8-9,11H2,1-2H3. The van der Waals surface area contributed by atoms with Gasteiger partial charge in [-0.1, -0.05) is 42.7 Å². The predicted molar refractivity (Wildman–Crippen MR) is 71.0 cm³/mol. The second-order valence-corrected chi connectivity index (χ2v) is 5.51. The van der Waals surface area contributed by atoms with E-state index in [4.69, 9.17) is 0 Å². The molecule has 0 saturated heterocycles. The Hall–Kier alpha value is -0.860. The molecule has 1 fully saturated rings. The first-order chi connectivity index (χ1) is 8.08. The lowest BCUT2D eigenvalue weighted by Gasteiger charge is -2.26. The smallest absolute Gasteiger partial charge is 0.0992 e. The Bertz CT molecular complexity index is 367. The molecule has 2 heteroatoms. The molecule has 0 amide bonds. The van der Waals surface area contributed by atoms with Crippen LogP contribution in [0.1, 0.15) is 43.7 Å². The fourth-order valence-electron chi connectivity index (χ4n) is 2.56. The maximum absolute atomic E-state index is 10.5. The highest BCUT2D eigenvalue weighted by Crippen LogP contribution is 2.23. The molecule has 0 spiro atoms. The van der Waals surface area contributed by atoms with Crippen LogP contribution < -0.4 is 5.32 Å². The van der Waals surface area contributed by atoms with Crippen molar-refractivity contribution >= 4 is 0 Å². The fourth-order valence-corrected chi connectivity index (χ4v) is 2.56. The third-order valence-electron chi connectivity index (χ3n) is 3.73. The zero-order valence-electron chi connectivity index (χ0n) is 10.9. The summed E-state index contributed by atoms with van der Waals surface area (Å²) in [6, 6.07) is 8.74. The SMILES string of the molecule is Cc1cccc(C(C)(O)CNC2CCCC2)c1. The van der Waals surface area contributed by atoms with E-state index >= 15 is 0 Å². The average Bonchev–Trinajstić information content (AvgIpc) is 2.79. The molecule has 1 aliphatic carbocycles. The lowest BCUT2D eigenvalue weighted by atomic mass is 9.94. The van der Waals surface area contributed by atoms with E-state index in [-0.39, 0.29) is 0 Å². The first-order valence-electron chi connectivity index (χ1n) is 6.61. The molecule has 0 aromatic heterocycles. The van der Waals surface area contributed by atoms with E-state index < -0.39 is 5.60 Å². The lowest BCUT2D eigenvalue weighted by molar-refractivity contribution is 0.0539. The van der Waals surface area contributed by atoms with Gasteiger partial charge in [0.2, 0.25) is 0 Å². The van der Waals surface area contributed by atoms with E-state index in [1.807, 2.05) is 19.1 Å². The predicted octanol–water partition coefficient (Wildman–Crippen LogP) is 2.73. The highest BCUT2D eigenvalue weighted by atomic mass is 16.3. The van der Waals surface area contributed by atoms with Crippen LogP contribution in [-0.2, 0) is 5.60 Å². The zero-order chi connectivity index (χ0) is 12.3. The Morgan fingerprint density at radius 2 is 2.06 bits per heavy atom. The quantitative estimate of drug-likeness (QED) is 0.838. The van der Waals surface area contributed by atoms with Crippen LogP contribution in [0.2, 0.25) is 0 Å². The normalized spacial score (nSPS) is 20.4. The van der Waals surface area contributed by atoms with Gasteiger partial charge >= 0.3 is 0 Å². The molecule has 1 atom stereocenters. The minimum Gasteiger partial charge on any atom is -0.384 e. The van der Waals surface area contributed by atoms with Crippen LogP contribution in [0.15, 0.2) is 24.3 Å². The largest absolute Gasteiger partial charge is 0.384 e. The molecule has 2 N–H and O–H groups in total. The second-order valence-electron chi connectivity index (χ2n) is 5.51.